The predicted octanol–water partition coefficient (Wildman–Crippen LogP) is 5.08. The Morgan fingerprint density at radius 2 is 1.68 bits per heavy atom. The molecule has 0 saturated carbocycles. The molecule has 0 spiro atoms. The van der Waals surface area contributed by atoms with Crippen LogP contribution in [-0.2, 0) is 34.2 Å². The van der Waals surface area contributed by atoms with Gasteiger partial charge in [-0.1, -0.05) is 66.2 Å². The van der Waals surface area contributed by atoms with Crippen molar-refractivity contribution in [2.24, 2.45) is 0 Å². The Hall–Kier alpha value is -3.48. The van der Waals surface area contributed by atoms with Crippen LogP contribution < -0.4 is 5.32 Å². The number of rotatable bonds is 5. The van der Waals surface area contributed by atoms with E-state index in [2.05, 4.69) is 5.32 Å². The van der Waals surface area contributed by atoms with Gasteiger partial charge in [0, 0.05) is 18.8 Å². The van der Waals surface area contributed by atoms with Crippen LogP contribution >= 0.6 is 0 Å². The fourth-order valence-electron chi connectivity index (χ4n) is 4.50. The van der Waals surface area contributed by atoms with Crippen LogP contribution in [-0.4, -0.2) is 25.2 Å². The molecule has 0 radical (unpaired) electrons. The van der Waals surface area contributed by atoms with E-state index < -0.39 is 10.0 Å². The Kier molecular flexibility index (Phi) is 5.94. The first kappa shape index (κ1) is 22.3. The maximum atomic E-state index is 13.1. The minimum atomic E-state index is -3.57. The van der Waals surface area contributed by atoms with E-state index in [0.29, 0.717) is 30.1 Å². The molecule has 1 heterocycles. The Labute approximate surface area is 200 Å². The Bertz CT molecular complexity index is 1470. The van der Waals surface area contributed by atoms with E-state index in [1.165, 1.54) is 4.31 Å². The molecular formula is C28H26N2O3S. The van der Waals surface area contributed by atoms with Gasteiger partial charge in [0.1, 0.15) is 0 Å². The van der Waals surface area contributed by atoms with Gasteiger partial charge in [-0.15, -0.1) is 0 Å². The molecule has 34 heavy (non-hydrogen) atoms. The lowest BCUT2D eigenvalue weighted by Gasteiger charge is -2.28. The lowest BCUT2D eigenvalue weighted by molar-refractivity contribution is -0.115. The Morgan fingerprint density at radius 1 is 0.912 bits per heavy atom. The third-order valence-corrected chi connectivity index (χ3v) is 8.22. The van der Waals surface area contributed by atoms with Crippen molar-refractivity contribution in [1.29, 1.82) is 0 Å². The largest absolute Gasteiger partial charge is 0.326 e. The van der Waals surface area contributed by atoms with Crippen LogP contribution in [0.15, 0.2) is 89.8 Å². The molecule has 0 unspecified atom stereocenters. The highest BCUT2D eigenvalue weighted by Crippen LogP contribution is 2.27. The van der Waals surface area contributed by atoms with Gasteiger partial charge in [-0.2, -0.15) is 4.31 Å². The molecule has 1 aliphatic rings. The number of fused-ring (bicyclic) bond motifs is 2. The number of benzene rings is 4. The summed E-state index contributed by atoms with van der Waals surface area (Å²) in [5.41, 5.74) is 4.71. The zero-order valence-electron chi connectivity index (χ0n) is 19.0. The summed E-state index contributed by atoms with van der Waals surface area (Å²) in [6, 6.07) is 26.7. The molecule has 5 rings (SSSR count). The number of amides is 1. The van der Waals surface area contributed by atoms with Crippen molar-refractivity contribution in [3.8, 4) is 0 Å². The lowest BCUT2D eigenvalue weighted by Crippen LogP contribution is -2.36. The normalized spacial score (nSPS) is 14.0. The number of anilines is 1. The van der Waals surface area contributed by atoms with Crippen molar-refractivity contribution in [3.05, 3.63) is 107 Å². The summed E-state index contributed by atoms with van der Waals surface area (Å²) in [5, 5.41) is 5.17. The monoisotopic (exact) mass is 470 g/mol. The van der Waals surface area contributed by atoms with Gasteiger partial charge in [0.05, 0.1) is 11.3 Å². The van der Waals surface area contributed by atoms with Crippen LogP contribution in [0.25, 0.3) is 10.8 Å². The molecule has 0 fully saturated rings. The highest BCUT2D eigenvalue weighted by molar-refractivity contribution is 7.89. The summed E-state index contributed by atoms with van der Waals surface area (Å²) in [6.07, 6.45) is 0.914. The molecule has 0 aromatic heterocycles. The van der Waals surface area contributed by atoms with Crippen LogP contribution in [0.5, 0.6) is 0 Å². The second kappa shape index (κ2) is 9.05. The summed E-state index contributed by atoms with van der Waals surface area (Å²) in [7, 11) is -3.57. The van der Waals surface area contributed by atoms with Gasteiger partial charge in [-0.05, 0) is 65.1 Å². The highest BCUT2D eigenvalue weighted by atomic mass is 32.2. The fourth-order valence-corrected chi connectivity index (χ4v) is 5.92. The van der Waals surface area contributed by atoms with Crippen molar-refractivity contribution >= 4 is 32.4 Å². The van der Waals surface area contributed by atoms with E-state index in [1.807, 2.05) is 79.7 Å². The molecule has 6 heteroatoms. The third kappa shape index (κ3) is 4.47. The first-order valence-corrected chi connectivity index (χ1v) is 12.8. The number of hydrogen-bond acceptors (Lipinski definition) is 3. The zero-order chi connectivity index (χ0) is 23.7. The summed E-state index contributed by atoms with van der Waals surface area (Å²) in [6.45, 7) is 2.66. The predicted molar refractivity (Wildman–Crippen MR) is 135 cm³/mol. The van der Waals surface area contributed by atoms with E-state index in [-0.39, 0.29) is 12.3 Å². The minimum absolute atomic E-state index is 0.101. The SMILES string of the molecule is Cc1ccc(S(=O)(=O)N2CCc3ccc(NC(=O)Cc4cccc5ccccc45)cc3C2)cc1. The molecule has 1 amide bonds. The summed E-state index contributed by atoms with van der Waals surface area (Å²) >= 11 is 0. The van der Waals surface area contributed by atoms with Gasteiger partial charge in [-0.25, -0.2) is 8.42 Å². The van der Waals surface area contributed by atoms with Crippen LogP contribution in [0.2, 0.25) is 0 Å². The van der Waals surface area contributed by atoms with Crippen LogP contribution in [0, 0.1) is 6.92 Å². The first-order valence-electron chi connectivity index (χ1n) is 11.4. The Morgan fingerprint density at radius 3 is 2.50 bits per heavy atom. The lowest BCUT2D eigenvalue weighted by atomic mass is 10.00. The van der Waals surface area contributed by atoms with Crippen LogP contribution in [0.3, 0.4) is 0 Å². The summed E-state index contributed by atoms with van der Waals surface area (Å²) in [5.74, 6) is -0.101. The minimum Gasteiger partial charge on any atom is -0.326 e. The summed E-state index contributed by atoms with van der Waals surface area (Å²) in [4.78, 5) is 13.1. The second-order valence-corrected chi connectivity index (χ2v) is 10.7. The molecule has 4 aromatic rings. The number of hydrogen-bond donors (Lipinski definition) is 1. The van der Waals surface area contributed by atoms with Crippen molar-refractivity contribution in [2.75, 3.05) is 11.9 Å². The number of aryl methyl sites for hydroxylation is 1. The molecule has 5 nitrogen and oxygen atoms in total. The number of nitrogens with zero attached hydrogens (tertiary/aromatic N) is 1. The van der Waals surface area contributed by atoms with Gasteiger partial charge >= 0.3 is 0 Å². The van der Waals surface area contributed by atoms with Crippen LogP contribution in [0.4, 0.5) is 5.69 Å². The van der Waals surface area contributed by atoms with Gasteiger partial charge in [-0.3, -0.25) is 4.79 Å². The topological polar surface area (TPSA) is 66.5 Å². The van der Waals surface area contributed by atoms with E-state index in [9.17, 15) is 13.2 Å². The van der Waals surface area contributed by atoms with E-state index in [0.717, 1.165) is 33.0 Å². The maximum absolute atomic E-state index is 13.1. The quantitative estimate of drug-likeness (QED) is 0.443. The first-order chi connectivity index (χ1) is 16.4. The molecule has 0 bridgehead atoms. The van der Waals surface area contributed by atoms with Gasteiger partial charge < -0.3 is 5.32 Å². The number of sulfonamides is 1. The average molecular weight is 471 g/mol. The zero-order valence-corrected chi connectivity index (χ0v) is 19.8. The smallest absolute Gasteiger partial charge is 0.243 e. The van der Waals surface area contributed by atoms with E-state index in [4.69, 9.17) is 0 Å². The van der Waals surface area contributed by atoms with Crippen molar-refractivity contribution in [2.45, 2.75) is 31.2 Å². The molecule has 0 saturated heterocycles. The van der Waals surface area contributed by atoms with Gasteiger partial charge in [0.25, 0.3) is 0 Å². The molecule has 1 N–H and O–H groups in total. The molecule has 172 valence electrons. The molecule has 0 aliphatic carbocycles. The van der Waals surface area contributed by atoms with Gasteiger partial charge in [0.2, 0.25) is 15.9 Å². The average Bonchev–Trinajstić information content (AvgIpc) is 2.84. The highest BCUT2D eigenvalue weighted by Gasteiger charge is 2.28. The summed E-state index contributed by atoms with van der Waals surface area (Å²) < 4.78 is 27.8. The molecule has 0 atom stereocenters. The van der Waals surface area contributed by atoms with Crippen molar-refractivity contribution in [1.82, 2.24) is 4.31 Å². The third-order valence-electron chi connectivity index (χ3n) is 6.36. The van der Waals surface area contributed by atoms with Crippen molar-refractivity contribution < 1.29 is 13.2 Å². The standard InChI is InChI=1S/C28H26N2O3S/c1-20-9-13-26(14-10-20)34(32,33)30-16-15-21-11-12-25(17-24(21)19-30)29-28(31)18-23-7-4-6-22-5-2-3-8-27(22)23/h2-14,17H,15-16,18-19H2,1H3,(H,29,31). The molecular weight excluding hydrogens is 444 g/mol. The second-order valence-electron chi connectivity index (χ2n) is 8.75. The number of carbonyl (C=O) groups is 1. The van der Waals surface area contributed by atoms with Crippen LogP contribution in [0.1, 0.15) is 22.3 Å². The van der Waals surface area contributed by atoms with Crippen molar-refractivity contribution in [3.63, 3.8) is 0 Å². The van der Waals surface area contributed by atoms with Gasteiger partial charge in [0.15, 0.2) is 0 Å². The van der Waals surface area contributed by atoms with E-state index >= 15 is 0 Å². The van der Waals surface area contributed by atoms with E-state index in [1.54, 1.807) is 12.1 Å². The number of nitrogens with one attached hydrogen (secondary N) is 1. The fraction of sp³-hybridized carbons (Fsp3) is 0.179. The molecule has 4 aromatic carbocycles. The Balaban J connectivity index is 1.32. The maximum Gasteiger partial charge on any atom is 0.243 e. The molecule has 1 aliphatic heterocycles. The number of carbonyl (C=O) groups excluding carboxylic acids is 1.